The Balaban J connectivity index is 1.25. The number of thioether (sulfide) groups is 1. The minimum Gasteiger partial charge on any atom is -0.493 e. The fourth-order valence-electron chi connectivity index (χ4n) is 2.44. The van der Waals surface area contributed by atoms with Crippen molar-refractivity contribution in [3.63, 3.8) is 0 Å². The van der Waals surface area contributed by atoms with E-state index in [1.54, 1.807) is 23.1 Å². The van der Waals surface area contributed by atoms with E-state index in [9.17, 15) is 0 Å². The van der Waals surface area contributed by atoms with Crippen molar-refractivity contribution in [3.8, 4) is 28.0 Å². The van der Waals surface area contributed by atoms with Gasteiger partial charge in [-0.1, -0.05) is 17.8 Å². The molecule has 0 unspecified atom stereocenters. The molecule has 0 saturated carbocycles. The van der Waals surface area contributed by atoms with Gasteiger partial charge in [0, 0.05) is 18.9 Å². The van der Waals surface area contributed by atoms with Crippen LogP contribution in [0.4, 0.5) is 0 Å². The topological polar surface area (TPSA) is 58.4 Å². The molecule has 130 valence electrons. The van der Waals surface area contributed by atoms with Gasteiger partial charge in [-0.3, -0.25) is 0 Å². The summed E-state index contributed by atoms with van der Waals surface area (Å²) in [7, 11) is 2.00. The zero-order valence-corrected chi connectivity index (χ0v) is 15.3. The summed E-state index contributed by atoms with van der Waals surface area (Å²) in [5.41, 5.74) is 0. The van der Waals surface area contributed by atoms with Crippen LogP contribution in [0.2, 0.25) is 0 Å². The molecule has 0 fully saturated rings. The van der Waals surface area contributed by atoms with Crippen molar-refractivity contribution in [2.24, 2.45) is 7.05 Å². The first-order valence-corrected chi connectivity index (χ1v) is 9.76. The molecule has 3 aromatic rings. The number of hydrogen-bond donors (Lipinski definition) is 0. The molecule has 1 aliphatic heterocycles. The Hall–Kier alpha value is -2.19. The molecule has 1 aliphatic rings. The highest BCUT2D eigenvalue weighted by molar-refractivity contribution is 7.99. The third-order valence-corrected chi connectivity index (χ3v) is 5.68. The summed E-state index contributed by atoms with van der Waals surface area (Å²) in [6.07, 6.45) is 0.917. The van der Waals surface area contributed by atoms with E-state index in [4.69, 9.17) is 14.2 Å². The second-order valence-corrected chi connectivity index (χ2v) is 7.42. The number of fused-ring (bicyclic) bond motifs is 1. The van der Waals surface area contributed by atoms with Gasteiger partial charge in [0.15, 0.2) is 22.5 Å². The maximum atomic E-state index is 5.77. The van der Waals surface area contributed by atoms with E-state index >= 15 is 0 Å². The lowest BCUT2D eigenvalue weighted by molar-refractivity contribution is 0.173. The molecule has 4 rings (SSSR count). The fraction of sp³-hybridized carbons (Fsp3) is 0.294. The van der Waals surface area contributed by atoms with E-state index in [1.807, 2.05) is 41.3 Å². The molecule has 0 aliphatic carbocycles. The van der Waals surface area contributed by atoms with Crippen LogP contribution < -0.4 is 14.2 Å². The van der Waals surface area contributed by atoms with Crippen molar-refractivity contribution in [3.05, 3.63) is 35.7 Å². The van der Waals surface area contributed by atoms with Crippen molar-refractivity contribution in [2.75, 3.05) is 19.2 Å². The summed E-state index contributed by atoms with van der Waals surface area (Å²) in [5.74, 6) is 4.14. The molecule has 2 aromatic heterocycles. The molecule has 0 bridgehead atoms. The van der Waals surface area contributed by atoms with E-state index in [-0.39, 0.29) is 6.79 Å². The smallest absolute Gasteiger partial charge is 0.231 e. The second-order valence-electron chi connectivity index (χ2n) is 5.41. The average molecular weight is 375 g/mol. The lowest BCUT2D eigenvalue weighted by Crippen LogP contribution is -2.00. The van der Waals surface area contributed by atoms with Gasteiger partial charge in [0.2, 0.25) is 6.79 Å². The third-order valence-electron chi connectivity index (χ3n) is 3.71. The largest absolute Gasteiger partial charge is 0.493 e. The Morgan fingerprint density at radius 1 is 1.24 bits per heavy atom. The minimum atomic E-state index is 0.278. The van der Waals surface area contributed by atoms with Crippen LogP contribution >= 0.6 is 23.1 Å². The zero-order valence-electron chi connectivity index (χ0n) is 13.7. The Morgan fingerprint density at radius 3 is 3.04 bits per heavy atom. The number of benzene rings is 1. The SMILES string of the molecule is Cn1c(SCCCOc2ccc3c(c2)OCO3)nnc1-c1cccs1. The molecular weight excluding hydrogens is 358 g/mol. The molecule has 1 aromatic carbocycles. The van der Waals surface area contributed by atoms with Crippen LogP contribution in [0, 0.1) is 0 Å². The van der Waals surface area contributed by atoms with Crippen LogP contribution in [0.15, 0.2) is 40.9 Å². The van der Waals surface area contributed by atoms with Crippen molar-refractivity contribution in [1.82, 2.24) is 14.8 Å². The van der Waals surface area contributed by atoms with E-state index in [1.165, 1.54) is 0 Å². The Kier molecular flexibility index (Phi) is 4.80. The molecule has 25 heavy (non-hydrogen) atoms. The first-order valence-electron chi connectivity index (χ1n) is 7.90. The molecule has 8 heteroatoms. The Labute approximate surface area is 153 Å². The van der Waals surface area contributed by atoms with Gasteiger partial charge in [-0.05, 0) is 30.0 Å². The van der Waals surface area contributed by atoms with E-state index in [2.05, 4.69) is 16.3 Å². The lowest BCUT2D eigenvalue weighted by Gasteiger charge is -2.07. The number of aromatic nitrogens is 3. The van der Waals surface area contributed by atoms with Crippen LogP contribution in [0.5, 0.6) is 17.2 Å². The van der Waals surface area contributed by atoms with Crippen LogP contribution in [-0.2, 0) is 7.05 Å². The highest BCUT2D eigenvalue weighted by Gasteiger charge is 2.14. The molecule has 0 saturated heterocycles. The van der Waals surface area contributed by atoms with Gasteiger partial charge in [-0.25, -0.2) is 0 Å². The van der Waals surface area contributed by atoms with Gasteiger partial charge in [-0.2, -0.15) is 0 Å². The highest BCUT2D eigenvalue weighted by Crippen LogP contribution is 2.35. The molecule has 0 radical (unpaired) electrons. The number of thiophene rings is 1. The standard InChI is InChI=1S/C17H17N3O3S2/c1-20-16(15-4-2-8-24-15)18-19-17(20)25-9-3-7-21-12-5-6-13-14(10-12)23-11-22-13/h2,4-6,8,10H,3,7,9,11H2,1H3. The third kappa shape index (κ3) is 3.59. The van der Waals surface area contributed by atoms with Crippen molar-refractivity contribution in [1.29, 1.82) is 0 Å². The fourth-order valence-corrected chi connectivity index (χ4v) is 4.01. The predicted molar refractivity (Wildman–Crippen MR) is 97.7 cm³/mol. The van der Waals surface area contributed by atoms with Gasteiger partial charge in [-0.15, -0.1) is 21.5 Å². The molecule has 0 atom stereocenters. The molecule has 0 N–H and O–H groups in total. The molecule has 6 nitrogen and oxygen atoms in total. The average Bonchev–Trinajstić information content (AvgIpc) is 3.35. The number of hydrogen-bond acceptors (Lipinski definition) is 7. The van der Waals surface area contributed by atoms with Crippen LogP contribution in [0.25, 0.3) is 10.7 Å². The van der Waals surface area contributed by atoms with Crippen molar-refractivity contribution in [2.45, 2.75) is 11.6 Å². The minimum absolute atomic E-state index is 0.278. The van der Waals surface area contributed by atoms with E-state index in [0.29, 0.717) is 6.61 Å². The van der Waals surface area contributed by atoms with Gasteiger partial charge in [0.25, 0.3) is 0 Å². The molecule has 0 spiro atoms. The van der Waals surface area contributed by atoms with Crippen LogP contribution in [-0.4, -0.2) is 33.9 Å². The quantitative estimate of drug-likeness (QED) is 0.462. The van der Waals surface area contributed by atoms with Gasteiger partial charge in [0.05, 0.1) is 11.5 Å². The summed E-state index contributed by atoms with van der Waals surface area (Å²) in [6.45, 7) is 0.920. The maximum absolute atomic E-state index is 5.77. The number of nitrogens with zero attached hydrogens (tertiary/aromatic N) is 3. The number of ether oxygens (including phenoxy) is 3. The Morgan fingerprint density at radius 2 is 2.16 bits per heavy atom. The molecule has 0 amide bonds. The Bertz CT molecular complexity index is 849. The molecular formula is C17H17N3O3S2. The summed E-state index contributed by atoms with van der Waals surface area (Å²) in [4.78, 5) is 1.13. The van der Waals surface area contributed by atoms with Gasteiger partial charge in [0.1, 0.15) is 5.75 Å². The summed E-state index contributed by atoms with van der Waals surface area (Å²) in [5, 5.41) is 11.5. The second kappa shape index (κ2) is 7.37. The normalized spacial score (nSPS) is 12.5. The predicted octanol–water partition coefficient (Wildman–Crippen LogP) is 3.83. The van der Waals surface area contributed by atoms with E-state index < -0.39 is 0 Å². The van der Waals surface area contributed by atoms with Crippen molar-refractivity contribution >= 4 is 23.1 Å². The highest BCUT2D eigenvalue weighted by atomic mass is 32.2. The molecule has 3 heterocycles. The van der Waals surface area contributed by atoms with Crippen molar-refractivity contribution < 1.29 is 14.2 Å². The monoisotopic (exact) mass is 375 g/mol. The first kappa shape index (κ1) is 16.3. The zero-order chi connectivity index (χ0) is 17.1. The summed E-state index contributed by atoms with van der Waals surface area (Å²) in [6, 6.07) is 9.72. The first-order chi connectivity index (χ1) is 12.3. The summed E-state index contributed by atoms with van der Waals surface area (Å²) >= 11 is 3.36. The van der Waals surface area contributed by atoms with Gasteiger partial charge < -0.3 is 18.8 Å². The van der Waals surface area contributed by atoms with Gasteiger partial charge >= 0.3 is 0 Å². The lowest BCUT2D eigenvalue weighted by atomic mass is 10.3. The van der Waals surface area contributed by atoms with E-state index in [0.717, 1.165) is 45.3 Å². The van der Waals surface area contributed by atoms with Crippen LogP contribution in [0.3, 0.4) is 0 Å². The number of rotatable bonds is 7. The van der Waals surface area contributed by atoms with Crippen LogP contribution in [0.1, 0.15) is 6.42 Å². The maximum Gasteiger partial charge on any atom is 0.231 e. The summed E-state index contributed by atoms with van der Waals surface area (Å²) < 4.78 is 18.4.